The molecule has 206 valence electrons. The van der Waals surface area contributed by atoms with Gasteiger partial charge in [-0.25, -0.2) is 8.78 Å². The quantitative estimate of drug-likeness (QED) is 0.171. The molecular weight excluding hydrogens is 666 g/mol. The van der Waals surface area contributed by atoms with Crippen LogP contribution < -0.4 is 15.5 Å². The van der Waals surface area contributed by atoms with E-state index in [9.17, 15) is 61.9 Å². The molecule has 0 saturated heterocycles. The first-order chi connectivity index (χ1) is 16.6. The summed E-state index contributed by atoms with van der Waals surface area (Å²) in [6.45, 7) is 0. The standard InChI is InChI=1S/C18H8F13IN2O3/c19-11-7(2-1-3-9(11)34-36)13(35)33-12-8(32)4-6(5-10(12)37-18(29,30)31)14(20,16(23,24)25)15(21,22)17(26,27)28/h1-5,34,36H,(H,33,35). The lowest BCUT2D eigenvalue weighted by Gasteiger charge is -2.36. The van der Waals surface area contributed by atoms with Crippen molar-refractivity contribution in [2.24, 2.45) is 0 Å². The normalized spacial score (nSPS) is 14.7. The lowest BCUT2D eigenvalue weighted by atomic mass is 9.87. The van der Waals surface area contributed by atoms with Crippen LogP contribution in [0.5, 0.6) is 5.75 Å². The smallest absolute Gasteiger partial charge is 0.404 e. The van der Waals surface area contributed by atoms with E-state index in [-0.39, 0.29) is 6.07 Å². The average molecular weight is 674 g/mol. The predicted octanol–water partition coefficient (Wildman–Crippen LogP) is 7.31. The van der Waals surface area contributed by atoms with Crippen molar-refractivity contribution in [1.29, 1.82) is 0 Å². The molecule has 19 heteroatoms. The monoisotopic (exact) mass is 674 g/mol. The van der Waals surface area contributed by atoms with Crippen molar-refractivity contribution >= 4 is 39.9 Å². The Kier molecular flexibility index (Phi) is 8.14. The van der Waals surface area contributed by atoms with Gasteiger partial charge in [-0.2, -0.15) is 35.1 Å². The summed E-state index contributed by atoms with van der Waals surface area (Å²) in [5.74, 6) is -12.4. The highest BCUT2D eigenvalue weighted by Gasteiger charge is 2.81. The average Bonchev–Trinajstić information content (AvgIpc) is 2.72. The van der Waals surface area contributed by atoms with Crippen molar-refractivity contribution in [2.45, 2.75) is 30.3 Å². The second kappa shape index (κ2) is 9.87. The van der Waals surface area contributed by atoms with Gasteiger partial charge in [-0.1, -0.05) is 6.07 Å². The van der Waals surface area contributed by atoms with Gasteiger partial charge >= 0.3 is 30.3 Å². The summed E-state index contributed by atoms with van der Waals surface area (Å²) in [5.41, 5.74) is -10.9. The summed E-state index contributed by atoms with van der Waals surface area (Å²) in [5, 5.41) is 10.4. The van der Waals surface area contributed by atoms with Crippen LogP contribution >= 0.6 is 22.6 Å². The molecule has 0 saturated carbocycles. The van der Waals surface area contributed by atoms with Crippen LogP contribution in [0.3, 0.4) is 0 Å². The van der Waals surface area contributed by atoms with Crippen LogP contribution in [0.4, 0.5) is 68.5 Å². The number of benzene rings is 2. The first-order valence-corrected chi connectivity index (χ1v) is 9.96. The van der Waals surface area contributed by atoms with Crippen LogP contribution in [-0.4, -0.2) is 35.8 Å². The molecule has 0 radical (unpaired) electrons. The fourth-order valence-electron chi connectivity index (χ4n) is 2.80. The lowest BCUT2D eigenvalue weighted by Crippen LogP contribution is -2.59. The molecule has 0 aliphatic carbocycles. The maximum Gasteiger partial charge on any atom is 0.573 e. The molecule has 2 rings (SSSR count). The molecule has 0 spiro atoms. The van der Waals surface area contributed by atoms with E-state index in [2.05, 4.69) is 4.74 Å². The van der Waals surface area contributed by atoms with Gasteiger partial charge in [-0.15, -0.1) is 13.2 Å². The highest BCUT2D eigenvalue weighted by atomic mass is 127. The Morgan fingerprint density at radius 1 is 0.892 bits per heavy atom. The molecule has 1 amide bonds. The number of anilines is 2. The van der Waals surface area contributed by atoms with Crippen molar-refractivity contribution in [3.05, 3.63) is 50.8 Å². The van der Waals surface area contributed by atoms with E-state index < -0.39 is 79.9 Å². The van der Waals surface area contributed by atoms with Crippen molar-refractivity contribution < 1.29 is 71.8 Å². The molecule has 1 atom stereocenters. The van der Waals surface area contributed by atoms with Gasteiger partial charge in [-0.05, 0) is 46.9 Å². The van der Waals surface area contributed by atoms with Gasteiger partial charge in [0.15, 0.2) is 11.6 Å². The van der Waals surface area contributed by atoms with Crippen molar-refractivity contribution in [3.63, 3.8) is 0 Å². The number of ether oxygens (including phenoxy) is 1. The molecule has 37 heavy (non-hydrogen) atoms. The van der Waals surface area contributed by atoms with Gasteiger partial charge in [-0.3, -0.25) is 15.5 Å². The number of nitrogens with one attached hydrogen (secondary N) is 2. The highest BCUT2D eigenvalue weighted by molar-refractivity contribution is 14.1. The van der Waals surface area contributed by atoms with Crippen molar-refractivity contribution in [1.82, 2.24) is 0 Å². The minimum Gasteiger partial charge on any atom is -0.404 e. The third-order valence-electron chi connectivity index (χ3n) is 4.46. The molecule has 0 aromatic heterocycles. The maximum atomic E-state index is 14.8. The summed E-state index contributed by atoms with van der Waals surface area (Å²) in [6.07, 6.45) is -20.0. The molecule has 3 N–H and O–H groups in total. The Morgan fingerprint density at radius 2 is 1.46 bits per heavy atom. The van der Waals surface area contributed by atoms with Crippen molar-refractivity contribution in [2.75, 3.05) is 10.8 Å². The van der Waals surface area contributed by atoms with E-state index in [1.807, 2.05) is 0 Å². The Balaban J connectivity index is 2.78. The Labute approximate surface area is 209 Å². The van der Waals surface area contributed by atoms with Crippen LogP contribution in [0.1, 0.15) is 15.9 Å². The summed E-state index contributed by atoms with van der Waals surface area (Å²) in [4.78, 5) is 12.4. The summed E-state index contributed by atoms with van der Waals surface area (Å²) in [6, 6.07) is 1.46. The van der Waals surface area contributed by atoms with Crippen LogP contribution in [-0.2, 0) is 5.67 Å². The van der Waals surface area contributed by atoms with E-state index >= 15 is 0 Å². The molecule has 0 bridgehead atoms. The third kappa shape index (κ3) is 5.75. The first kappa shape index (κ1) is 30.5. The number of hydrogen-bond acceptors (Lipinski definition) is 4. The second-order valence-corrected chi connectivity index (χ2v) is 8.00. The fourth-order valence-corrected chi connectivity index (χ4v) is 3.54. The number of rotatable bonds is 6. The number of hydrogen-bond donors (Lipinski definition) is 3. The van der Waals surface area contributed by atoms with Crippen LogP contribution in [0.25, 0.3) is 0 Å². The third-order valence-corrected chi connectivity index (χ3v) is 5.31. The largest absolute Gasteiger partial charge is 0.573 e. The number of alkyl halides is 12. The van der Waals surface area contributed by atoms with Crippen molar-refractivity contribution in [3.8, 4) is 5.75 Å². The predicted molar refractivity (Wildman–Crippen MR) is 105 cm³/mol. The zero-order chi connectivity index (χ0) is 28.8. The molecule has 5 nitrogen and oxygen atoms in total. The zero-order valence-corrected chi connectivity index (χ0v) is 19.1. The van der Waals surface area contributed by atoms with Gasteiger partial charge < -0.3 is 10.1 Å². The SMILES string of the molecule is O=C(Nc1c(I)cc(C(F)(C(F)(F)F)C(F)(F)C(F)(F)F)cc1OC(F)(F)F)c1cccc(NO)c1F. The second-order valence-electron chi connectivity index (χ2n) is 6.84. The number of carbonyl (C=O) groups is 1. The molecule has 0 aliphatic rings. The van der Waals surface area contributed by atoms with Crippen LogP contribution in [0, 0.1) is 9.39 Å². The molecule has 2 aromatic carbocycles. The van der Waals surface area contributed by atoms with Gasteiger partial charge in [0.1, 0.15) is 0 Å². The lowest BCUT2D eigenvalue weighted by molar-refractivity contribution is -0.389. The number of amides is 1. The highest BCUT2D eigenvalue weighted by Crippen LogP contribution is 2.59. The van der Waals surface area contributed by atoms with E-state index in [4.69, 9.17) is 5.21 Å². The topological polar surface area (TPSA) is 70.6 Å². The molecular formula is C18H8F13IN2O3. The fraction of sp³-hybridized carbons (Fsp3) is 0.278. The van der Waals surface area contributed by atoms with Gasteiger partial charge in [0, 0.05) is 9.13 Å². The molecule has 1 unspecified atom stereocenters. The minimum absolute atomic E-state index is 0.339. The summed E-state index contributed by atoms with van der Waals surface area (Å²) in [7, 11) is 0. The summed E-state index contributed by atoms with van der Waals surface area (Å²) < 4.78 is 176. The molecule has 0 fully saturated rings. The Bertz CT molecular complexity index is 1180. The van der Waals surface area contributed by atoms with Gasteiger partial charge in [0.05, 0.1) is 16.9 Å². The first-order valence-electron chi connectivity index (χ1n) is 8.88. The summed E-state index contributed by atoms with van der Waals surface area (Å²) >= 11 is 0.788. The maximum absolute atomic E-state index is 14.8. The van der Waals surface area contributed by atoms with Crippen LogP contribution in [0.15, 0.2) is 30.3 Å². The Hall–Kier alpha value is -2.71. The molecule has 0 heterocycles. The van der Waals surface area contributed by atoms with Crippen LogP contribution in [0.2, 0.25) is 0 Å². The minimum atomic E-state index is -7.21. The van der Waals surface area contributed by atoms with E-state index in [1.54, 1.807) is 5.32 Å². The number of halogens is 14. The van der Waals surface area contributed by atoms with E-state index in [1.165, 1.54) is 5.48 Å². The Morgan fingerprint density at radius 3 is 1.92 bits per heavy atom. The zero-order valence-electron chi connectivity index (χ0n) is 16.9. The number of carbonyl (C=O) groups excluding carboxylic acids is 1. The molecule has 0 aliphatic heterocycles. The van der Waals surface area contributed by atoms with E-state index in [0.29, 0.717) is 0 Å². The van der Waals surface area contributed by atoms with Gasteiger partial charge in [0.25, 0.3) is 5.91 Å². The molecule has 2 aromatic rings. The van der Waals surface area contributed by atoms with Gasteiger partial charge in [0.2, 0.25) is 0 Å². The van der Waals surface area contributed by atoms with E-state index in [0.717, 1.165) is 40.8 Å².